The molecule has 0 unspecified atom stereocenters. The standard InChI is InChI=1S/C15H21N3O3S/c1-9(2)13(18-14(20)11-4-3-7-22-11)15(21)16-8-12(19)17-10-5-6-10/h3-4,7,9-10,13H,5-6,8H2,1-2H3,(H,16,21)(H,17,19)(H,18,20)/t13-/m0/s1. The lowest BCUT2D eigenvalue weighted by Gasteiger charge is -2.21. The van der Waals surface area contributed by atoms with Crippen LogP contribution < -0.4 is 16.0 Å². The number of carbonyl (C=O) groups excluding carboxylic acids is 3. The van der Waals surface area contributed by atoms with E-state index in [0.29, 0.717) is 4.88 Å². The number of hydrogen-bond acceptors (Lipinski definition) is 4. The van der Waals surface area contributed by atoms with Gasteiger partial charge in [0.1, 0.15) is 6.04 Å². The quantitative estimate of drug-likeness (QED) is 0.696. The van der Waals surface area contributed by atoms with Crippen molar-refractivity contribution < 1.29 is 14.4 Å². The minimum Gasteiger partial charge on any atom is -0.352 e. The molecule has 0 spiro atoms. The number of nitrogens with one attached hydrogen (secondary N) is 3. The number of carbonyl (C=O) groups is 3. The Morgan fingerprint density at radius 3 is 2.59 bits per heavy atom. The topological polar surface area (TPSA) is 87.3 Å². The third-order valence-corrected chi connectivity index (χ3v) is 4.21. The number of hydrogen-bond donors (Lipinski definition) is 3. The van der Waals surface area contributed by atoms with E-state index in [1.54, 1.807) is 12.1 Å². The second-order valence-electron chi connectivity index (χ2n) is 5.73. The first-order chi connectivity index (χ1) is 10.5. The summed E-state index contributed by atoms with van der Waals surface area (Å²) in [5.74, 6) is -0.879. The summed E-state index contributed by atoms with van der Waals surface area (Å²) in [5, 5.41) is 9.92. The summed E-state index contributed by atoms with van der Waals surface area (Å²) < 4.78 is 0. The van der Waals surface area contributed by atoms with Gasteiger partial charge in [0.25, 0.3) is 5.91 Å². The summed E-state index contributed by atoms with van der Waals surface area (Å²) >= 11 is 1.32. The Morgan fingerprint density at radius 2 is 2.05 bits per heavy atom. The van der Waals surface area contributed by atoms with Crippen molar-refractivity contribution in [2.75, 3.05) is 6.54 Å². The lowest BCUT2D eigenvalue weighted by Crippen LogP contribution is -2.51. The minimum atomic E-state index is -0.664. The summed E-state index contributed by atoms with van der Waals surface area (Å²) in [6.45, 7) is 3.64. The Balaban J connectivity index is 1.84. The molecule has 1 saturated carbocycles. The lowest BCUT2D eigenvalue weighted by molar-refractivity contribution is -0.127. The zero-order valence-corrected chi connectivity index (χ0v) is 13.5. The first-order valence-corrected chi connectivity index (χ1v) is 8.26. The first kappa shape index (κ1) is 16.5. The predicted molar refractivity (Wildman–Crippen MR) is 84.6 cm³/mol. The molecule has 0 radical (unpaired) electrons. The van der Waals surface area contributed by atoms with Gasteiger partial charge in [-0.25, -0.2) is 0 Å². The molecule has 3 amide bonds. The van der Waals surface area contributed by atoms with Gasteiger partial charge in [-0.05, 0) is 30.2 Å². The zero-order valence-electron chi connectivity index (χ0n) is 12.7. The van der Waals surface area contributed by atoms with Gasteiger partial charge >= 0.3 is 0 Å². The van der Waals surface area contributed by atoms with E-state index in [2.05, 4.69) is 16.0 Å². The molecule has 0 bridgehead atoms. The summed E-state index contributed by atoms with van der Waals surface area (Å²) in [4.78, 5) is 36.4. The molecular formula is C15H21N3O3S. The number of amides is 3. The number of rotatable bonds is 7. The maximum Gasteiger partial charge on any atom is 0.262 e. The van der Waals surface area contributed by atoms with Gasteiger partial charge in [0.2, 0.25) is 11.8 Å². The van der Waals surface area contributed by atoms with Crippen molar-refractivity contribution in [3.05, 3.63) is 22.4 Å². The number of thiophene rings is 1. The van der Waals surface area contributed by atoms with Gasteiger partial charge in [-0.2, -0.15) is 0 Å². The van der Waals surface area contributed by atoms with Gasteiger partial charge in [-0.3, -0.25) is 14.4 Å². The Labute approximate surface area is 133 Å². The Bertz CT molecular complexity index is 538. The fourth-order valence-corrected chi connectivity index (χ4v) is 2.57. The molecule has 1 heterocycles. The minimum absolute atomic E-state index is 0.0621. The van der Waals surface area contributed by atoms with Crippen LogP contribution in [0.5, 0.6) is 0 Å². The van der Waals surface area contributed by atoms with E-state index in [1.165, 1.54) is 11.3 Å². The third-order valence-electron chi connectivity index (χ3n) is 3.35. The van der Waals surface area contributed by atoms with Crippen LogP contribution in [0.2, 0.25) is 0 Å². The van der Waals surface area contributed by atoms with E-state index in [-0.39, 0.29) is 36.2 Å². The van der Waals surface area contributed by atoms with Crippen LogP contribution >= 0.6 is 11.3 Å². The van der Waals surface area contributed by atoms with Crippen LogP contribution in [0.25, 0.3) is 0 Å². The zero-order chi connectivity index (χ0) is 16.1. The molecule has 120 valence electrons. The third kappa shape index (κ3) is 4.84. The molecule has 1 aliphatic rings. The van der Waals surface area contributed by atoms with Crippen molar-refractivity contribution in [1.29, 1.82) is 0 Å². The van der Waals surface area contributed by atoms with Crippen molar-refractivity contribution in [2.45, 2.75) is 38.8 Å². The van der Waals surface area contributed by atoms with Crippen LogP contribution in [0.1, 0.15) is 36.4 Å². The van der Waals surface area contributed by atoms with E-state index in [0.717, 1.165) is 12.8 Å². The maximum absolute atomic E-state index is 12.2. The average Bonchev–Trinajstić information content (AvgIpc) is 3.10. The predicted octanol–water partition coefficient (Wildman–Crippen LogP) is 0.897. The molecule has 3 N–H and O–H groups in total. The highest BCUT2D eigenvalue weighted by atomic mass is 32.1. The molecule has 22 heavy (non-hydrogen) atoms. The molecule has 2 rings (SSSR count). The largest absolute Gasteiger partial charge is 0.352 e. The molecule has 6 nitrogen and oxygen atoms in total. The molecule has 0 aromatic carbocycles. The normalized spacial score (nSPS) is 15.2. The van der Waals surface area contributed by atoms with E-state index < -0.39 is 6.04 Å². The first-order valence-electron chi connectivity index (χ1n) is 7.39. The van der Waals surface area contributed by atoms with Crippen LogP contribution in [-0.4, -0.2) is 36.3 Å². The Hall–Kier alpha value is -1.89. The van der Waals surface area contributed by atoms with Crippen LogP contribution in [-0.2, 0) is 9.59 Å². The Kier molecular flexibility index (Phi) is 5.54. The van der Waals surface area contributed by atoms with E-state index >= 15 is 0 Å². The molecule has 7 heteroatoms. The van der Waals surface area contributed by atoms with Crippen LogP contribution in [0.4, 0.5) is 0 Å². The van der Waals surface area contributed by atoms with E-state index in [4.69, 9.17) is 0 Å². The van der Waals surface area contributed by atoms with Gasteiger partial charge in [-0.15, -0.1) is 11.3 Å². The molecule has 0 aliphatic heterocycles. The molecular weight excluding hydrogens is 302 g/mol. The highest BCUT2D eigenvalue weighted by Crippen LogP contribution is 2.18. The van der Waals surface area contributed by atoms with Gasteiger partial charge in [0.15, 0.2) is 0 Å². The lowest BCUT2D eigenvalue weighted by atomic mass is 10.0. The van der Waals surface area contributed by atoms with Gasteiger partial charge in [0.05, 0.1) is 11.4 Å². The molecule has 1 aromatic heterocycles. The monoisotopic (exact) mass is 323 g/mol. The van der Waals surface area contributed by atoms with Crippen LogP contribution in [0.15, 0.2) is 17.5 Å². The highest BCUT2D eigenvalue weighted by Gasteiger charge is 2.26. The van der Waals surface area contributed by atoms with Gasteiger partial charge < -0.3 is 16.0 Å². The van der Waals surface area contributed by atoms with Gasteiger partial charge in [0, 0.05) is 6.04 Å². The molecule has 1 aliphatic carbocycles. The second kappa shape index (κ2) is 7.40. The van der Waals surface area contributed by atoms with Crippen molar-refractivity contribution in [3.63, 3.8) is 0 Å². The molecule has 1 aromatic rings. The summed E-state index contributed by atoms with van der Waals surface area (Å²) in [7, 11) is 0. The summed E-state index contributed by atoms with van der Waals surface area (Å²) in [6.07, 6.45) is 2.01. The molecule has 1 atom stereocenters. The van der Waals surface area contributed by atoms with Gasteiger partial charge in [-0.1, -0.05) is 19.9 Å². The van der Waals surface area contributed by atoms with E-state index in [1.807, 2.05) is 19.2 Å². The molecule has 0 saturated heterocycles. The average molecular weight is 323 g/mol. The summed E-state index contributed by atoms with van der Waals surface area (Å²) in [6, 6.07) is 3.09. The SMILES string of the molecule is CC(C)[C@H](NC(=O)c1cccs1)C(=O)NCC(=O)NC1CC1. The van der Waals surface area contributed by atoms with E-state index in [9.17, 15) is 14.4 Å². The highest BCUT2D eigenvalue weighted by molar-refractivity contribution is 7.12. The maximum atomic E-state index is 12.2. The van der Waals surface area contributed by atoms with Crippen molar-refractivity contribution in [3.8, 4) is 0 Å². The van der Waals surface area contributed by atoms with Crippen LogP contribution in [0, 0.1) is 5.92 Å². The summed E-state index contributed by atoms with van der Waals surface area (Å²) in [5.41, 5.74) is 0. The Morgan fingerprint density at radius 1 is 1.32 bits per heavy atom. The van der Waals surface area contributed by atoms with Crippen LogP contribution in [0.3, 0.4) is 0 Å². The smallest absolute Gasteiger partial charge is 0.262 e. The molecule has 1 fully saturated rings. The fraction of sp³-hybridized carbons (Fsp3) is 0.533. The second-order valence-corrected chi connectivity index (χ2v) is 6.68. The van der Waals surface area contributed by atoms with Crippen molar-refractivity contribution >= 4 is 29.1 Å². The van der Waals surface area contributed by atoms with Crippen molar-refractivity contribution in [2.24, 2.45) is 5.92 Å². The fourth-order valence-electron chi connectivity index (χ4n) is 1.94. The van der Waals surface area contributed by atoms with Crippen molar-refractivity contribution in [1.82, 2.24) is 16.0 Å².